The molecule has 0 bridgehead atoms. The summed E-state index contributed by atoms with van der Waals surface area (Å²) in [5.41, 5.74) is 0.693. The van der Waals surface area contributed by atoms with Crippen molar-refractivity contribution in [1.82, 2.24) is 10.3 Å². The van der Waals surface area contributed by atoms with Crippen LogP contribution in [0.3, 0.4) is 0 Å². The van der Waals surface area contributed by atoms with Crippen LogP contribution in [-0.4, -0.2) is 33.8 Å². The summed E-state index contributed by atoms with van der Waals surface area (Å²) in [4.78, 5) is 14.6. The molecule has 0 aromatic carbocycles. The molecule has 16 heavy (non-hydrogen) atoms. The van der Waals surface area contributed by atoms with Crippen molar-refractivity contribution in [2.45, 2.75) is 26.0 Å². The molecule has 3 N–H and O–H groups in total. The minimum Gasteiger partial charge on any atom is -0.477 e. The Labute approximate surface area is 94.1 Å². The highest BCUT2D eigenvalue weighted by Crippen LogP contribution is 1.99. The summed E-state index contributed by atoms with van der Waals surface area (Å²) in [5.74, 6) is -1.03. The summed E-state index contributed by atoms with van der Waals surface area (Å²) in [6.45, 7) is 2.84. The first kappa shape index (κ1) is 12.6. The van der Waals surface area contributed by atoms with Crippen molar-refractivity contribution in [3.8, 4) is 0 Å². The Morgan fingerprint density at radius 3 is 2.94 bits per heavy atom. The van der Waals surface area contributed by atoms with Crippen LogP contribution >= 0.6 is 0 Å². The van der Waals surface area contributed by atoms with Gasteiger partial charge in [0.25, 0.3) is 0 Å². The highest BCUT2D eigenvalue weighted by Gasteiger charge is 2.05. The van der Waals surface area contributed by atoms with Crippen molar-refractivity contribution in [3.63, 3.8) is 0 Å². The molecule has 0 aliphatic heterocycles. The number of aromatic carboxylic acids is 1. The molecule has 0 fully saturated rings. The van der Waals surface area contributed by atoms with Crippen molar-refractivity contribution in [3.05, 3.63) is 29.6 Å². The first-order valence-electron chi connectivity index (χ1n) is 5.21. The Hall–Kier alpha value is -1.46. The van der Waals surface area contributed by atoms with Gasteiger partial charge in [-0.2, -0.15) is 0 Å². The molecule has 5 heteroatoms. The van der Waals surface area contributed by atoms with Gasteiger partial charge in [-0.15, -0.1) is 0 Å². The fourth-order valence-electron chi connectivity index (χ4n) is 1.21. The molecule has 0 saturated heterocycles. The van der Waals surface area contributed by atoms with E-state index in [4.69, 9.17) is 5.11 Å². The maximum atomic E-state index is 10.7. The summed E-state index contributed by atoms with van der Waals surface area (Å²) < 4.78 is 0. The summed E-state index contributed by atoms with van der Waals surface area (Å²) in [6.07, 6.45) is 0.318. The first-order valence-corrected chi connectivity index (χ1v) is 5.21. The number of pyridine rings is 1. The molecule has 1 rings (SSSR count). The summed E-state index contributed by atoms with van der Waals surface area (Å²) in [7, 11) is 0. The third-order valence-electron chi connectivity index (χ3n) is 2.18. The fourth-order valence-corrected chi connectivity index (χ4v) is 1.21. The van der Waals surface area contributed by atoms with E-state index in [1.165, 1.54) is 6.07 Å². The van der Waals surface area contributed by atoms with Crippen LogP contribution in [0.5, 0.6) is 0 Å². The summed E-state index contributed by atoms with van der Waals surface area (Å²) in [6, 6.07) is 4.86. The normalized spacial score (nSPS) is 12.4. The average molecular weight is 224 g/mol. The van der Waals surface area contributed by atoms with Gasteiger partial charge in [-0.3, -0.25) is 0 Å². The SMILES string of the molecule is CCC(O)CNCc1cccc(C(=O)O)n1. The number of carboxylic acids is 1. The molecule has 0 spiro atoms. The van der Waals surface area contributed by atoms with E-state index in [0.717, 1.165) is 0 Å². The van der Waals surface area contributed by atoms with Crippen molar-refractivity contribution in [1.29, 1.82) is 0 Å². The molecule has 0 saturated carbocycles. The second-order valence-electron chi connectivity index (χ2n) is 3.51. The van der Waals surface area contributed by atoms with Gasteiger partial charge in [-0.25, -0.2) is 9.78 Å². The molecule has 0 radical (unpaired) electrons. The van der Waals surface area contributed by atoms with E-state index in [0.29, 0.717) is 25.2 Å². The van der Waals surface area contributed by atoms with Gasteiger partial charge >= 0.3 is 5.97 Å². The van der Waals surface area contributed by atoms with E-state index < -0.39 is 5.97 Å². The number of nitrogens with one attached hydrogen (secondary N) is 1. The van der Waals surface area contributed by atoms with Crippen LogP contribution in [0.1, 0.15) is 29.5 Å². The maximum Gasteiger partial charge on any atom is 0.354 e. The van der Waals surface area contributed by atoms with Crippen molar-refractivity contribution in [2.24, 2.45) is 0 Å². The minimum atomic E-state index is -1.03. The van der Waals surface area contributed by atoms with Gasteiger partial charge in [0.1, 0.15) is 5.69 Å². The number of carboxylic acid groups (broad SMARTS) is 1. The van der Waals surface area contributed by atoms with Crippen LogP contribution in [-0.2, 0) is 6.54 Å². The number of hydrogen-bond acceptors (Lipinski definition) is 4. The van der Waals surface area contributed by atoms with E-state index in [1.54, 1.807) is 12.1 Å². The van der Waals surface area contributed by atoms with Crippen LogP contribution in [0.25, 0.3) is 0 Å². The predicted molar refractivity (Wildman–Crippen MR) is 59.2 cm³/mol. The van der Waals surface area contributed by atoms with Gasteiger partial charge < -0.3 is 15.5 Å². The lowest BCUT2D eigenvalue weighted by Crippen LogP contribution is -2.26. The zero-order valence-corrected chi connectivity index (χ0v) is 9.18. The van der Waals surface area contributed by atoms with E-state index in [-0.39, 0.29) is 11.8 Å². The number of aliphatic hydroxyl groups is 1. The minimum absolute atomic E-state index is 0.0374. The molecular weight excluding hydrogens is 208 g/mol. The molecule has 5 nitrogen and oxygen atoms in total. The molecule has 0 aliphatic rings. The van der Waals surface area contributed by atoms with Gasteiger partial charge in [0.2, 0.25) is 0 Å². The third kappa shape index (κ3) is 3.96. The van der Waals surface area contributed by atoms with Gasteiger partial charge in [-0.1, -0.05) is 13.0 Å². The second kappa shape index (κ2) is 6.19. The van der Waals surface area contributed by atoms with Crippen LogP contribution < -0.4 is 5.32 Å². The van der Waals surface area contributed by atoms with Crippen LogP contribution in [0.15, 0.2) is 18.2 Å². The predicted octanol–water partition coefficient (Wildman–Crippen LogP) is 0.640. The number of hydrogen-bond donors (Lipinski definition) is 3. The molecule has 1 atom stereocenters. The topological polar surface area (TPSA) is 82.5 Å². The maximum absolute atomic E-state index is 10.7. The number of carbonyl (C=O) groups is 1. The Morgan fingerprint density at radius 2 is 2.31 bits per heavy atom. The van der Waals surface area contributed by atoms with E-state index >= 15 is 0 Å². The lowest BCUT2D eigenvalue weighted by molar-refractivity contribution is 0.0690. The zero-order chi connectivity index (χ0) is 12.0. The largest absolute Gasteiger partial charge is 0.477 e. The summed E-state index contributed by atoms with van der Waals surface area (Å²) >= 11 is 0. The van der Waals surface area contributed by atoms with Crippen LogP contribution in [0, 0.1) is 0 Å². The van der Waals surface area contributed by atoms with Crippen LogP contribution in [0.4, 0.5) is 0 Å². The van der Waals surface area contributed by atoms with Crippen molar-refractivity contribution in [2.75, 3.05) is 6.54 Å². The molecule has 0 aliphatic carbocycles. The Bertz CT molecular complexity index is 355. The lowest BCUT2D eigenvalue weighted by Gasteiger charge is -2.08. The molecule has 1 unspecified atom stereocenters. The number of aromatic nitrogens is 1. The van der Waals surface area contributed by atoms with E-state index in [2.05, 4.69) is 10.3 Å². The molecule has 0 amide bonds. The molecule has 1 aromatic rings. The third-order valence-corrected chi connectivity index (χ3v) is 2.18. The molecular formula is C11H16N2O3. The van der Waals surface area contributed by atoms with E-state index in [9.17, 15) is 9.90 Å². The van der Waals surface area contributed by atoms with E-state index in [1.807, 2.05) is 6.92 Å². The van der Waals surface area contributed by atoms with Crippen molar-refractivity contribution < 1.29 is 15.0 Å². The highest BCUT2D eigenvalue weighted by atomic mass is 16.4. The van der Waals surface area contributed by atoms with Gasteiger partial charge in [0.05, 0.1) is 11.8 Å². The number of nitrogens with zero attached hydrogens (tertiary/aromatic N) is 1. The van der Waals surface area contributed by atoms with Gasteiger partial charge in [0, 0.05) is 13.1 Å². The Morgan fingerprint density at radius 1 is 1.56 bits per heavy atom. The second-order valence-corrected chi connectivity index (χ2v) is 3.51. The highest BCUT2D eigenvalue weighted by molar-refractivity contribution is 5.85. The Balaban J connectivity index is 2.48. The van der Waals surface area contributed by atoms with Crippen molar-refractivity contribution >= 4 is 5.97 Å². The van der Waals surface area contributed by atoms with Gasteiger partial charge in [0.15, 0.2) is 0 Å². The fraction of sp³-hybridized carbons (Fsp3) is 0.455. The zero-order valence-electron chi connectivity index (χ0n) is 9.18. The average Bonchev–Trinajstić information content (AvgIpc) is 2.29. The number of aliphatic hydroxyl groups excluding tert-OH is 1. The Kier molecular flexibility index (Phi) is 4.88. The smallest absolute Gasteiger partial charge is 0.354 e. The molecule has 88 valence electrons. The van der Waals surface area contributed by atoms with Crippen LogP contribution in [0.2, 0.25) is 0 Å². The van der Waals surface area contributed by atoms with Gasteiger partial charge in [-0.05, 0) is 18.6 Å². The lowest BCUT2D eigenvalue weighted by atomic mass is 10.2. The quantitative estimate of drug-likeness (QED) is 0.660. The number of rotatable bonds is 6. The monoisotopic (exact) mass is 224 g/mol. The molecule has 1 heterocycles. The standard InChI is InChI=1S/C11H16N2O3/c1-2-9(14)7-12-6-8-4-3-5-10(13-8)11(15)16/h3-5,9,12,14H,2,6-7H2,1H3,(H,15,16). The summed E-state index contributed by atoms with van der Waals surface area (Å²) in [5, 5.41) is 21.1. The first-order chi connectivity index (χ1) is 7.63. The molecule has 1 aromatic heterocycles.